The maximum absolute atomic E-state index is 10.0. The van der Waals surface area contributed by atoms with Gasteiger partial charge in [0.1, 0.15) is 24.1 Å². The van der Waals surface area contributed by atoms with E-state index in [1.54, 1.807) is 0 Å². The largest absolute Gasteiger partial charge is 0.391 e. The maximum atomic E-state index is 10.0. The molecule has 1 aliphatic heterocycles. The molecule has 0 amide bonds. The van der Waals surface area contributed by atoms with E-state index in [-0.39, 0.29) is 6.61 Å². The average molecular weight is 252 g/mol. The lowest BCUT2D eigenvalue weighted by molar-refractivity contribution is -0.149. The SMILES string of the molecule is OC[C@@]1(n2cnc3cncnc32)OC[C@H](O)[C@@H]1O. The van der Waals surface area contributed by atoms with Gasteiger partial charge < -0.3 is 20.1 Å². The minimum atomic E-state index is -1.46. The number of aliphatic hydroxyl groups excluding tert-OH is 3. The van der Waals surface area contributed by atoms with Crippen molar-refractivity contribution in [3.8, 4) is 0 Å². The van der Waals surface area contributed by atoms with Gasteiger partial charge in [0.15, 0.2) is 11.4 Å². The summed E-state index contributed by atoms with van der Waals surface area (Å²) in [5.74, 6) is 0. The van der Waals surface area contributed by atoms with E-state index < -0.39 is 24.5 Å². The van der Waals surface area contributed by atoms with E-state index in [1.165, 1.54) is 23.4 Å². The molecule has 2 aromatic rings. The van der Waals surface area contributed by atoms with Crippen molar-refractivity contribution in [2.45, 2.75) is 17.9 Å². The number of aliphatic hydroxyl groups is 3. The Kier molecular flexibility index (Phi) is 2.52. The van der Waals surface area contributed by atoms with Crippen LogP contribution in [-0.2, 0) is 10.5 Å². The molecular formula is C10H12N4O4. The van der Waals surface area contributed by atoms with Gasteiger partial charge in [-0.3, -0.25) is 4.57 Å². The molecule has 96 valence electrons. The van der Waals surface area contributed by atoms with E-state index in [4.69, 9.17) is 4.74 Å². The lowest BCUT2D eigenvalue weighted by Gasteiger charge is -2.31. The molecule has 0 aromatic carbocycles. The maximum Gasteiger partial charge on any atom is 0.199 e. The Balaban J connectivity index is 2.18. The normalized spacial score (nSPS) is 32.2. The lowest BCUT2D eigenvalue weighted by atomic mass is 10.1. The molecule has 18 heavy (non-hydrogen) atoms. The molecule has 0 saturated carbocycles. The standard InChI is InChI=1S/C10H12N4O4/c15-3-10(8(17)7(16)2-18-10)14-5-13-6-1-11-4-12-9(6)14/h1,4-5,7-8,15-17H,2-3H2/t7-,8-,10+/m0/s1. The third kappa shape index (κ3) is 1.37. The molecule has 3 N–H and O–H groups in total. The van der Waals surface area contributed by atoms with Gasteiger partial charge >= 0.3 is 0 Å². The van der Waals surface area contributed by atoms with Crippen molar-refractivity contribution in [3.63, 3.8) is 0 Å². The van der Waals surface area contributed by atoms with E-state index in [0.717, 1.165) is 0 Å². The molecule has 0 radical (unpaired) electrons. The number of nitrogens with zero attached hydrogens (tertiary/aromatic N) is 4. The fraction of sp³-hybridized carbons (Fsp3) is 0.500. The second-order valence-corrected chi connectivity index (χ2v) is 4.17. The van der Waals surface area contributed by atoms with Crippen molar-refractivity contribution >= 4 is 11.2 Å². The summed E-state index contributed by atoms with van der Waals surface area (Å²) in [7, 11) is 0. The van der Waals surface area contributed by atoms with E-state index in [0.29, 0.717) is 11.2 Å². The van der Waals surface area contributed by atoms with Crippen LogP contribution in [0.3, 0.4) is 0 Å². The highest BCUT2D eigenvalue weighted by atomic mass is 16.6. The molecule has 1 aliphatic rings. The van der Waals surface area contributed by atoms with Gasteiger partial charge in [-0.15, -0.1) is 0 Å². The van der Waals surface area contributed by atoms with Gasteiger partial charge in [-0.2, -0.15) is 0 Å². The first-order chi connectivity index (χ1) is 8.69. The second kappa shape index (κ2) is 3.95. The Labute approximate surface area is 102 Å². The van der Waals surface area contributed by atoms with E-state index in [1.807, 2.05) is 0 Å². The van der Waals surface area contributed by atoms with E-state index in [9.17, 15) is 15.3 Å². The number of hydrogen-bond acceptors (Lipinski definition) is 7. The van der Waals surface area contributed by atoms with Crippen LogP contribution in [0.15, 0.2) is 18.9 Å². The first-order valence-corrected chi connectivity index (χ1v) is 5.43. The molecule has 0 aliphatic carbocycles. The third-order valence-electron chi connectivity index (χ3n) is 3.18. The Hall–Kier alpha value is -1.61. The zero-order chi connectivity index (χ0) is 12.8. The summed E-state index contributed by atoms with van der Waals surface area (Å²) < 4.78 is 6.80. The fourth-order valence-electron chi connectivity index (χ4n) is 2.18. The predicted octanol–water partition coefficient (Wildman–Crippen LogP) is -1.78. The zero-order valence-electron chi connectivity index (χ0n) is 9.34. The summed E-state index contributed by atoms with van der Waals surface area (Å²) in [5, 5.41) is 29.1. The van der Waals surface area contributed by atoms with Crippen LogP contribution in [0, 0.1) is 0 Å². The van der Waals surface area contributed by atoms with Crippen molar-refractivity contribution in [1.82, 2.24) is 19.5 Å². The summed E-state index contributed by atoms with van der Waals surface area (Å²) in [4.78, 5) is 11.9. The molecule has 3 atom stereocenters. The van der Waals surface area contributed by atoms with Gasteiger partial charge in [-0.25, -0.2) is 15.0 Å². The molecule has 3 rings (SSSR count). The smallest absolute Gasteiger partial charge is 0.199 e. The van der Waals surface area contributed by atoms with Crippen molar-refractivity contribution in [3.05, 3.63) is 18.9 Å². The molecule has 2 aromatic heterocycles. The van der Waals surface area contributed by atoms with Gasteiger partial charge in [0, 0.05) is 0 Å². The molecule has 0 unspecified atom stereocenters. The van der Waals surface area contributed by atoms with Gasteiger partial charge in [-0.1, -0.05) is 0 Å². The van der Waals surface area contributed by atoms with Crippen molar-refractivity contribution in [2.75, 3.05) is 13.2 Å². The number of imidazole rings is 1. The van der Waals surface area contributed by atoms with Gasteiger partial charge in [-0.05, 0) is 0 Å². The molecule has 0 spiro atoms. The summed E-state index contributed by atoms with van der Waals surface area (Å²) in [5.41, 5.74) is -0.516. The number of hydrogen-bond donors (Lipinski definition) is 3. The highest BCUT2D eigenvalue weighted by molar-refractivity contribution is 5.69. The van der Waals surface area contributed by atoms with Gasteiger partial charge in [0.25, 0.3) is 0 Å². The summed E-state index contributed by atoms with van der Waals surface area (Å²) in [6, 6.07) is 0. The Bertz CT molecular complexity index is 574. The molecule has 8 heteroatoms. The molecule has 1 saturated heterocycles. The van der Waals surface area contributed by atoms with Crippen LogP contribution in [0.4, 0.5) is 0 Å². The third-order valence-corrected chi connectivity index (χ3v) is 3.18. The number of rotatable bonds is 2. The van der Waals surface area contributed by atoms with Crippen LogP contribution in [0.2, 0.25) is 0 Å². The summed E-state index contributed by atoms with van der Waals surface area (Å²) >= 11 is 0. The Morgan fingerprint density at radius 1 is 1.44 bits per heavy atom. The van der Waals surface area contributed by atoms with Crippen molar-refractivity contribution < 1.29 is 20.1 Å². The van der Waals surface area contributed by atoms with E-state index >= 15 is 0 Å². The number of fused-ring (bicyclic) bond motifs is 1. The van der Waals surface area contributed by atoms with Crippen LogP contribution in [0.1, 0.15) is 0 Å². The number of aromatic nitrogens is 4. The summed E-state index contributed by atoms with van der Waals surface area (Å²) in [6.07, 6.45) is 1.94. The quantitative estimate of drug-likeness (QED) is 0.579. The molecule has 8 nitrogen and oxygen atoms in total. The second-order valence-electron chi connectivity index (χ2n) is 4.17. The first-order valence-electron chi connectivity index (χ1n) is 5.43. The molecule has 1 fully saturated rings. The van der Waals surface area contributed by atoms with Crippen LogP contribution in [0.5, 0.6) is 0 Å². The van der Waals surface area contributed by atoms with Crippen LogP contribution < -0.4 is 0 Å². The van der Waals surface area contributed by atoms with E-state index in [2.05, 4.69) is 15.0 Å². The minimum absolute atomic E-state index is 0.0630. The molecule has 3 heterocycles. The summed E-state index contributed by atoms with van der Waals surface area (Å²) in [6.45, 7) is -0.562. The fourth-order valence-corrected chi connectivity index (χ4v) is 2.18. The lowest BCUT2D eigenvalue weighted by Crippen LogP contribution is -2.48. The minimum Gasteiger partial charge on any atom is -0.391 e. The number of ether oxygens (including phenoxy) is 1. The predicted molar refractivity (Wildman–Crippen MR) is 58.3 cm³/mol. The highest BCUT2D eigenvalue weighted by Crippen LogP contribution is 2.33. The molecule has 0 bridgehead atoms. The monoisotopic (exact) mass is 252 g/mol. The Morgan fingerprint density at radius 2 is 2.28 bits per heavy atom. The van der Waals surface area contributed by atoms with Gasteiger partial charge in [0.05, 0.1) is 25.7 Å². The zero-order valence-corrected chi connectivity index (χ0v) is 9.34. The Morgan fingerprint density at radius 3 is 2.94 bits per heavy atom. The average Bonchev–Trinajstić information content (AvgIpc) is 2.95. The topological polar surface area (TPSA) is 114 Å². The first kappa shape index (κ1) is 11.5. The molecular weight excluding hydrogens is 240 g/mol. The van der Waals surface area contributed by atoms with Crippen molar-refractivity contribution in [2.24, 2.45) is 0 Å². The van der Waals surface area contributed by atoms with Crippen LogP contribution in [0.25, 0.3) is 11.2 Å². The highest BCUT2D eigenvalue weighted by Gasteiger charge is 2.51. The van der Waals surface area contributed by atoms with Crippen LogP contribution in [-0.4, -0.2) is 60.3 Å². The van der Waals surface area contributed by atoms with Crippen LogP contribution >= 0.6 is 0 Å². The van der Waals surface area contributed by atoms with Crippen molar-refractivity contribution in [1.29, 1.82) is 0 Å². The van der Waals surface area contributed by atoms with Gasteiger partial charge in [0.2, 0.25) is 0 Å².